The summed E-state index contributed by atoms with van der Waals surface area (Å²) in [7, 11) is 1.94. The van der Waals surface area contributed by atoms with Crippen LogP contribution in [0.3, 0.4) is 0 Å². The van der Waals surface area contributed by atoms with E-state index in [2.05, 4.69) is 0 Å². The smallest absolute Gasteiger partial charge is 0.236 e. The fraction of sp³-hybridized carbons (Fsp3) is 0.556. The van der Waals surface area contributed by atoms with Gasteiger partial charge in [0.1, 0.15) is 5.75 Å². The number of ether oxygens (including phenoxy) is 1. The number of nitrogens with zero attached hydrogens (tertiary/aromatic N) is 3. The molecule has 7 heteroatoms. The van der Waals surface area contributed by atoms with Crippen LogP contribution < -0.4 is 4.74 Å². The highest BCUT2D eigenvalue weighted by atomic mass is 35.5. The average Bonchev–Trinajstić information content (AvgIpc) is 2.60. The van der Waals surface area contributed by atoms with Gasteiger partial charge in [-0.1, -0.05) is 11.6 Å². The molecule has 0 atom stereocenters. The van der Waals surface area contributed by atoms with E-state index in [0.717, 1.165) is 18.7 Å². The molecule has 6 nitrogen and oxygen atoms in total. The summed E-state index contributed by atoms with van der Waals surface area (Å²) in [6.07, 6.45) is 0.838. The monoisotopic (exact) mass is 367 g/mol. The lowest BCUT2D eigenvalue weighted by Gasteiger charge is -2.35. The highest BCUT2D eigenvalue weighted by molar-refractivity contribution is 6.30. The predicted octanol–water partition coefficient (Wildman–Crippen LogP) is 1.73. The molecule has 0 aliphatic carbocycles. The molecule has 2 rings (SSSR count). The molecule has 25 heavy (non-hydrogen) atoms. The molecule has 2 amide bonds. The molecule has 1 aliphatic rings. The Labute approximate surface area is 154 Å². The lowest BCUT2D eigenvalue weighted by atomic mass is 10.3. The third-order valence-corrected chi connectivity index (χ3v) is 4.50. The maximum Gasteiger partial charge on any atom is 0.236 e. The van der Waals surface area contributed by atoms with Gasteiger partial charge in [-0.05, 0) is 37.7 Å². The zero-order valence-electron chi connectivity index (χ0n) is 14.9. The standard InChI is InChI=1S/C18H26ClN3O3/c1-15(23)21-9-11-22(12-10-21)18(24)14-20(2)8-3-13-25-17-6-4-16(19)5-7-17/h4-7H,3,8-14H2,1-2H3. The SMILES string of the molecule is CC(=O)N1CCN(C(=O)CN(C)CCCOc2ccc(Cl)cc2)CC1. The molecular weight excluding hydrogens is 342 g/mol. The Morgan fingerprint density at radius 3 is 2.32 bits per heavy atom. The highest BCUT2D eigenvalue weighted by Gasteiger charge is 2.22. The van der Waals surface area contributed by atoms with E-state index >= 15 is 0 Å². The van der Waals surface area contributed by atoms with Crippen LogP contribution in [0.2, 0.25) is 5.02 Å². The minimum Gasteiger partial charge on any atom is -0.494 e. The van der Waals surface area contributed by atoms with Gasteiger partial charge in [0.15, 0.2) is 0 Å². The van der Waals surface area contributed by atoms with E-state index in [9.17, 15) is 9.59 Å². The van der Waals surface area contributed by atoms with Crippen molar-refractivity contribution in [2.45, 2.75) is 13.3 Å². The van der Waals surface area contributed by atoms with Crippen LogP contribution in [0.5, 0.6) is 5.75 Å². The van der Waals surface area contributed by atoms with Gasteiger partial charge in [-0.2, -0.15) is 0 Å². The first-order valence-corrected chi connectivity index (χ1v) is 8.93. The molecule has 0 spiro atoms. The quantitative estimate of drug-likeness (QED) is 0.689. The van der Waals surface area contributed by atoms with Gasteiger partial charge in [-0.3, -0.25) is 14.5 Å². The minimum absolute atomic E-state index is 0.0740. The van der Waals surface area contributed by atoms with Gasteiger partial charge < -0.3 is 14.5 Å². The Balaban J connectivity index is 1.61. The number of piperazine rings is 1. The van der Waals surface area contributed by atoms with Gasteiger partial charge in [0.2, 0.25) is 11.8 Å². The Morgan fingerprint density at radius 2 is 1.72 bits per heavy atom. The molecule has 1 fully saturated rings. The van der Waals surface area contributed by atoms with Gasteiger partial charge in [0.25, 0.3) is 0 Å². The van der Waals surface area contributed by atoms with Crippen molar-refractivity contribution in [3.63, 3.8) is 0 Å². The molecule has 1 aromatic carbocycles. The maximum atomic E-state index is 12.3. The second-order valence-corrected chi connectivity index (χ2v) is 6.72. The Morgan fingerprint density at radius 1 is 1.12 bits per heavy atom. The summed E-state index contributed by atoms with van der Waals surface area (Å²) < 4.78 is 5.65. The van der Waals surface area contributed by atoms with Crippen molar-refractivity contribution in [2.75, 3.05) is 52.9 Å². The van der Waals surface area contributed by atoms with Crippen LogP contribution in [0.15, 0.2) is 24.3 Å². The summed E-state index contributed by atoms with van der Waals surface area (Å²) in [5, 5.41) is 0.690. The van der Waals surface area contributed by atoms with Gasteiger partial charge >= 0.3 is 0 Å². The lowest BCUT2D eigenvalue weighted by Crippen LogP contribution is -2.52. The van der Waals surface area contributed by atoms with Gasteiger partial charge in [0, 0.05) is 44.7 Å². The average molecular weight is 368 g/mol. The highest BCUT2D eigenvalue weighted by Crippen LogP contribution is 2.15. The van der Waals surface area contributed by atoms with E-state index in [1.807, 2.05) is 29.0 Å². The second kappa shape index (κ2) is 9.63. The summed E-state index contributed by atoms with van der Waals surface area (Å²) in [6.45, 7) is 5.82. The van der Waals surface area contributed by atoms with Crippen LogP contribution in [0.25, 0.3) is 0 Å². The molecule has 1 aliphatic heterocycles. The number of likely N-dealkylation sites (N-methyl/N-ethyl adjacent to an activating group) is 1. The zero-order valence-corrected chi connectivity index (χ0v) is 15.7. The molecule has 1 heterocycles. The first kappa shape index (κ1) is 19.5. The lowest BCUT2D eigenvalue weighted by molar-refractivity contribution is -0.139. The number of benzene rings is 1. The van der Waals surface area contributed by atoms with E-state index in [4.69, 9.17) is 16.3 Å². The largest absolute Gasteiger partial charge is 0.494 e. The van der Waals surface area contributed by atoms with Crippen LogP contribution >= 0.6 is 11.6 Å². The van der Waals surface area contributed by atoms with Crippen molar-refractivity contribution in [3.8, 4) is 5.75 Å². The van der Waals surface area contributed by atoms with Crippen molar-refractivity contribution >= 4 is 23.4 Å². The van der Waals surface area contributed by atoms with Crippen LogP contribution in [-0.4, -0.2) is 79.4 Å². The molecule has 0 aromatic heterocycles. The number of hydrogen-bond donors (Lipinski definition) is 0. The number of rotatable bonds is 7. The van der Waals surface area contributed by atoms with Crippen LogP contribution in [0.1, 0.15) is 13.3 Å². The Hall–Kier alpha value is -1.79. The van der Waals surface area contributed by atoms with Crippen molar-refractivity contribution in [1.29, 1.82) is 0 Å². The van der Waals surface area contributed by atoms with Crippen molar-refractivity contribution in [1.82, 2.24) is 14.7 Å². The fourth-order valence-electron chi connectivity index (χ4n) is 2.74. The molecule has 0 N–H and O–H groups in total. The first-order chi connectivity index (χ1) is 12.0. The third kappa shape index (κ3) is 6.55. The fourth-order valence-corrected chi connectivity index (χ4v) is 2.86. The van der Waals surface area contributed by atoms with Crippen LogP contribution in [-0.2, 0) is 9.59 Å². The molecule has 1 aromatic rings. The molecule has 138 valence electrons. The van der Waals surface area contributed by atoms with E-state index < -0.39 is 0 Å². The molecular formula is C18H26ClN3O3. The maximum absolute atomic E-state index is 12.3. The van der Waals surface area contributed by atoms with Gasteiger partial charge in [-0.25, -0.2) is 0 Å². The number of amides is 2. The molecule has 0 unspecified atom stereocenters. The minimum atomic E-state index is 0.0740. The molecule has 0 bridgehead atoms. The van der Waals surface area contributed by atoms with E-state index in [1.165, 1.54) is 0 Å². The summed E-state index contributed by atoms with van der Waals surface area (Å²) in [5.41, 5.74) is 0. The van der Waals surface area contributed by atoms with Crippen molar-refractivity contribution in [2.24, 2.45) is 0 Å². The number of hydrogen-bond acceptors (Lipinski definition) is 4. The summed E-state index contributed by atoms with van der Waals surface area (Å²) in [4.78, 5) is 29.2. The summed E-state index contributed by atoms with van der Waals surface area (Å²) in [5.74, 6) is 0.987. The third-order valence-electron chi connectivity index (χ3n) is 4.25. The summed E-state index contributed by atoms with van der Waals surface area (Å²) >= 11 is 5.83. The number of carbonyl (C=O) groups is 2. The zero-order chi connectivity index (χ0) is 18.2. The van der Waals surface area contributed by atoms with Crippen LogP contribution in [0.4, 0.5) is 0 Å². The van der Waals surface area contributed by atoms with E-state index in [-0.39, 0.29) is 11.8 Å². The molecule has 0 radical (unpaired) electrons. The second-order valence-electron chi connectivity index (χ2n) is 6.28. The first-order valence-electron chi connectivity index (χ1n) is 8.56. The Bertz CT molecular complexity index is 571. The van der Waals surface area contributed by atoms with Crippen LogP contribution in [0, 0.1) is 0 Å². The van der Waals surface area contributed by atoms with Crippen molar-refractivity contribution in [3.05, 3.63) is 29.3 Å². The van der Waals surface area contributed by atoms with Crippen molar-refractivity contribution < 1.29 is 14.3 Å². The Kier molecular flexibility index (Phi) is 7.52. The van der Waals surface area contributed by atoms with E-state index in [1.54, 1.807) is 24.0 Å². The number of carbonyl (C=O) groups excluding carboxylic acids is 2. The predicted molar refractivity (Wildman–Crippen MR) is 97.9 cm³/mol. The normalized spacial score (nSPS) is 14.7. The van der Waals surface area contributed by atoms with Gasteiger partial charge in [0.05, 0.1) is 13.2 Å². The molecule has 0 saturated carbocycles. The number of halogens is 1. The topological polar surface area (TPSA) is 53.1 Å². The molecule has 1 saturated heterocycles. The van der Waals surface area contributed by atoms with E-state index in [0.29, 0.717) is 44.4 Å². The summed E-state index contributed by atoms with van der Waals surface area (Å²) in [6, 6.07) is 7.29. The van der Waals surface area contributed by atoms with Gasteiger partial charge in [-0.15, -0.1) is 0 Å².